The molecule has 162 valence electrons. The maximum Gasteiger partial charge on any atom is 0.194 e. The third-order valence-electron chi connectivity index (χ3n) is 5.75. The average molecular weight is 402 g/mol. The molecule has 1 heterocycles. The Morgan fingerprint density at radius 3 is 2.48 bits per heavy atom. The van der Waals surface area contributed by atoms with Crippen LogP contribution in [0.5, 0.6) is 0 Å². The van der Waals surface area contributed by atoms with E-state index in [2.05, 4.69) is 65.3 Å². The lowest BCUT2D eigenvalue weighted by atomic mass is 10.1. The van der Waals surface area contributed by atoms with Crippen LogP contribution in [-0.4, -0.2) is 87.2 Å². The maximum atomic E-state index is 5.77. The zero-order valence-corrected chi connectivity index (χ0v) is 18.6. The van der Waals surface area contributed by atoms with Crippen LogP contribution < -0.4 is 5.32 Å². The van der Waals surface area contributed by atoms with Gasteiger partial charge in [0.25, 0.3) is 0 Å². The highest BCUT2D eigenvalue weighted by Gasteiger charge is 2.21. The van der Waals surface area contributed by atoms with Crippen molar-refractivity contribution < 1.29 is 4.74 Å². The van der Waals surface area contributed by atoms with E-state index in [-0.39, 0.29) is 0 Å². The molecule has 1 N–H and O–H groups in total. The summed E-state index contributed by atoms with van der Waals surface area (Å²) in [7, 11) is 4.29. The predicted molar refractivity (Wildman–Crippen MR) is 120 cm³/mol. The Balaban J connectivity index is 1.44. The molecule has 29 heavy (non-hydrogen) atoms. The first-order chi connectivity index (χ1) is 14.1. The first kappa shape index (κ1) is 22.1. The minimum atomic E-state index is 0.699. The Labute approximate surface area is 176 Å². The highest BCUT2D eigenvalue weighted by atomic mass is 16.5. The minimum absolute atomic E-state index is 0.699. The van der Waals surface area contributed by atoms with Crippen molar-refractivity contribution in [2.45, 2.75) is 32.9 Å². The van der Waals surface area contributed by atoms with Crippen molar-refractivity contribution in [3.05, 3.63) is 35.4 Å². The Morgan fingerprint density at radius 2 is 1.83 bits per heavy atom. The molecule has 1 saturated heterocycles. The monoisotopic (exact) mass is 401 g/mol. The minimum Gasteiger partial charge on any atom is -0.379 e. The smallest absolute Gasteiger partial charge is 0.194 e. The van der Waals surface area contributed by atoms with Crippen LogP contribution >= 0.6 is 0 Å². The number of nitrogens with zero attached hydrogens (tertiary/aromatic N) is 4. The third kappa shape index (κ3) is 7.96. The summed E-state index contributed by atoms with van der Waals surface area (Å²) in [6.45, 7) is 11.9. The first-order valence-electron chi connectivity index (χ1n) is 11.2. The van der Waals surface area contributed by atoms with Gasteiger partial charge >= 0.3 is 0 Å². The van der Waals surface area contributed by atoms with Gasteiger partial charge in [-0.15, -0.1) is 0 Å². The molecule has 3 rings (SSSR count). The van der Waals surface area contributed by atoms with Crippen LogP contribution in [0.2, 0.25) is 0 Å². The summed E-state index contributed by atoms with van der Waals surface area (Å²) in [6.07, 6.45) is 2.68. The van der Waals surface area contributed by atoms with Crippen LogP contribution in [0.25, 0.3) is 0 Å². The van der Waals surface area contributed by atoms with Gasteiger partial charge < -0.3 is 19.9 Å². The second-order valence-corrected chi connectivity index (χ2v) is 8.51. The van der Waals surface area contributed by atoms with Crippen LogP contribution in [0, 0.1) is 5.92 Å². The van der Waals surface area contributed by atoms with Crippen molar-refractivity contribution in [1.82, 2.24) is 20.0 Å². The van der Waals surface area contributed by atoms with Gasteiger partial charge in [-0.1, -0.05) is 24.3 Å². The summed E-state index contributed by atoms with van der Waals surface area (Å²) in [4.78, 5) is 11.9. The fourth-order valence-corrected chi connectivity index (χ4v) is 3.49. The zero-order valence-electron chi connectivity index (χ0n) is 18.6. The molecule has 0 atom stereocenters. The van der Waals surface area contributed by atoms with Gasteiger partial charge in [-0.05, 0) is 43.9 Å². The van der Waals surface area contributed by atoms with E-state index in [0.717, 1.165) is 57.8 Å². The maximum absolute atomic E-state index is 5.77. The second-order valence-electron chi connectivity index (χ2n) is 8.51. The molecule has 1 saturated carbocycles. The SMILES string of the molecule is CCNC(=NCc1ccc(CN2CCN(C)CC2)cc1)N(C)CCOCC1CC1. The zero-order chi connectivity index (χ0) is 20.5. The topological polar surface area (TPSA) is 43.3 Å². The van der Waals surface area contributed by atoms with Crippen molar-refractivity contribution in [3.63, 3.8) is 0 Å². The molecule has 1 aromatic carbocycles. The molecule has 0 spiro atoms. The van der Waals surface area contributed by atoms with E-state index in [0.29, 0.717) is 6.54 Å². The molecule has 0 amide bonds. The molecule has 1 aliphatic carbocycles. The van der Waals surface area contributed by atoms with E-state index in [9.17, 15) is 0 Å². The van der Waals surface area contributed by atoms with Crippen LogP contribution in [0.1, 0.15) is 30.9 Å². The number of aliphatic imine (C=N–C) groups is 1. The molecule has 1 aromatic rings. The molecule has 0 bridgehead atoms. The molecule has 1 aliphatic heterocycles. The molecular weight excluding hydrogens is 362 g/mol. The highest BCUT2D eigenvalue weighted by Crippen LogP contribution is 2.28. The molecule has 6 nitrogen and oxygen atoms in total. The Kier molecular flexibility index (Phi) is 8.77. The average Bonchev–Trinajstić information content (AvgIpc) is 3.55. The van der Waals surface area contributed by atoms with Crippen LogP contribution in [-0.2, 0) is 17.8 Å². The molecule has 2 fully saturated rings. The lowest BCUT2D eigenvalue weighted by Gasteiger charge is -2.32. The molecular formula is C23H39N5O. The van der Waals surface area contributed by atoms with Crippen LogP contribution in [0.4, 0.5) is 0 Å². The van der Waals surface area contributed by atoms with E-state index in [1.807, 2.05) is 0 Å². The third-order valence-corrected chi connectivity index (χ3v) is 5.75. The normalized spacial score (nSPS) is 18.8. The Morgan fingerprint density at radius 1 is 1.14 bits per heavy atom. The van der Waals surface area contributed by atoms with Gasteiger partial charge in [-0.2, -0.15) is 0 Å². The second kappa shape index (κ2) is 11.5. The Bertz CT molecular complexity index is 621. The number of nitrogens with one attached hydrogen (secondary N) is 1. The largest absolute Gasteiger partial charge is 0.379 e. The van der Waals surface area contributed by atoms with Crippen molar-refractivity contribution in [2.75, 3.05) is 66.6 Å². The van der Waals surface area contributed by atoms with Gasteiger partial charge in [-0.25, -0.2) is 4.99 Å². The highest BCUT2D eigenvalue weighted by molar-refractivity contribution is 5.79. The summed E-state index contributed by atoms with van der Waals surface area (Å²) < 4.78 is 5.77. The van der Waals surface area contributed by atoms with Crippen molar-refractivity contribution in [1.29, 1.82) is 0 Å². The number of hydrogen-bond donors (Lipinski definition) is 1. The van der Waals surface area contributed by atoms with Crippen LogP contribution in [0.3, 0.4) is 0 Å². The van der Waals surface area contributed by atoms with Gasteiger partial charge in [0.05, 0.1) is 13.2 Å². The lowest BCUT2D eigenvalue weighted by Crippen LogP contribution is -2.43. The summed E-state index contributed by atoms with van der Waals surface area (Å²) in [5.74, 6) is 1.77. The van der Waals surface area contributed by atoms with E-state index in [1.54, 1.807) is 0 Å². The van der Waals surface area contributed by atoms with Crippen molar-refractivity contribution in [3.8, 4) is 0 Å². The standard InChI is InChI=1S/C23H39N5O/c1-4-24-23(27(3)15-16-29-19-22-9-10-22)25-17-20-5-7-21(8-6-20)18-28-13-11-26(2)12-14-28/h5-8,22H,4,9-19H2,1-3H3,(H,24,25). The number of likely N-dealkylation sites (N-methyl/N-ethyl adjacent to an activating group) is 2. The fraction of sp³-hybridized carbons (Fsp3) is 0.696. The number of ether oxygens (including phenoxy) is 1. The number of piperazine rings is 1. The van der Waals surface area contributed by atoms with Gasteiger partial charge in [0, 0.05) is 59.5 Å². The summed E-state index contributed by atoms with van der Waals surface area (Å²) in [5.41, 5.74) is 2.64. The van der Waals surface area contributed by atoms with E-state index < -0.39 is 0 Å². The van der Waals surface area contributed by atoms with Gasteiger partial charge in [0.2, 0.25) is 0 Å². The molecule has 0 aromatic heterocycles. The lowest BCUT2D eigenvalue weighted by molar-refractivity contribution is 0.115. The molecule has 0 unspecified atom stereocenters. The van der Waals surface area contributed by atoms with Crippen molar-refractivity contribution >= 4 is 5.96 Å². The Hall–Kier alpha value is -1.63. The number of rotatable bonds is 10. The summed E-state index contributed by atoms with van der Waals surface area (Å²) >= 11 is 0. The van der Waals surface area contributed by atoms with E-state index in [1.165, 1.54) is 37.1 Å². The molecule has 0 radical (unpaired) electrons. The summed E-state index contributed by atoms with van der Waals surface area (Å²) in [5, 5.41) is 3.39. The van der Waals surface area contributed by atoms with Gasteiger partial charge in [0.15, 0.2) is 5.96 Å². The van der Waals surface area contributed by atoms with Gasteiger partial charge in [-0.3, -0.25) is 4.90 Å². The number of hydrogen-bond acceptors (Lipinski definition) is 4. The first-order valence-corrected chi connectivity index (χ1v) is 11.2. The fourth-order valence-electron chi connectivity index (χ4n) is 3.49. The summed E-state index contributed by atoms with van der Waals surface area (Å²) in [6, 6.07) is 8.95. The number of benzene rings is 1. The van der Waals surface area contributed by atoms with Gasteiger partial charge in [0.1, 0.15) is 0 Å². The number of guanidine groups is 1. The molecule has 2 aliphatic rings. The van der Waals surface area contributed by atoms with Crippen LogP contribution in [0.15, 0.2) is 29.3 Å². The quantitative estimate of drug-likeness (QED) is 0.370. The van der Waals surface area contributed by atoms with E-state index >= 15 is 0 Å². The predicted octanol–water partition coefficient (Wildman–Crippen LogP) is 2.26. The molecule has 6 heteroatoms. The van der Waals surface area contributed by atoms with Crippen molar-refractivity contribution in [2.24, 2.45) is 10.9 Å². The van der Waals surface area contributed by atoms with E-state index in [4.69, 9.17) is 9.73 Å².